The van der Waals surface area contributed by atoms with E-state index in [1.165, 1.54) is 11.0 Å². The number of thiol groups is 1. The van der Waals surface area contributed by atoms with Gasteiger partial charge in [-0.2, -0.15) is 12.6 Å². The summed E-state index contributed by atoms with van der Waals surface area (Å²) >= 11 is 6.19. The molecule has 1 aliphatic heterocycles. The van der Waals surface area contributed by atoms with Gasteiger partial charge in [0.15, 0.2) is 0 Å². The third-order valence-electron chi connectivity index (χ3n) is 2.89. The third kappa shape index (κ3) is 2.61. The molecule has 0 bridgehead atoms. The Labute approximate surface area is 123 Å². The van der Waals surface area contributed by atoms with Crippen LogP contribution in [0, 0.1) is 19.6 Å². The molecule has 1 aromatic carbocycles. The smallest absolute Gasteiger partial charge is 0.294 e. The van der Waals surface area contributed by atoms with Crippen molar-refractivity contribution < 1.29 is 9.72 Å². The Balaban J connectivity index is 2.39. The highest BCUT2D eigenvalue weighted by molar-refractivity contribution is 14.1. The molecule has 96 valence electrons. The number of benzene rings is 1. The number of hydrogen-bond acceptors (Lipinski definition) is 4. The van der Waals surface area contributed by atoms with E-state index in [1.807, 2.05) is 22.6 Å². The average molecular weight is 378 g/mol. The van der Waals surface area contributed by atoms with Crippen molar-refractivity contribution in [3.63, 3.8) is 0 Å². The molecule has 0 N–H and O–H groups in total. The molecular formula is C11H11IN2O3S. The van der Waals surface area contributed by atoms with E-state index in [9.17, 15) is 14.9 Å². The van der Waals surface area contributed by atoms with Gasteiger partial charge in [0.25, 0.3) is 5.69 Å². The predicted molar refractivity (Wildman–Crippen MR) is 80.1 cm³/mol. The maximum Gasteiger partial charge on any atom is 0.294 e. The second-order valence-corrected chi connectivity index (χ2v) is 5.76. The Kier molecular flexibility index (Phi) is 4.10. The Morgan fingerprint density at radius 2 is 2.28 bits per heavy atom. The number of rotatable bonds is 3. The molecule has 1 atom stereocenters. The highest BCUT2D eigenvalue weighted by Crippen LogP contribution is 2.34. The van der Waals surface area contributed by atoms with Crippen LogP contribution in [0.2, 0.25) is 0 Å². The number of amides is 1. The first-order valence-corrected chi connectivity index (χ1v) is 7.09. The number of carbonyl (C=O) groups excluding carboxylic acids is 1. The van der Waals surface area contributed by atoms with E-state index in [1.54, 1.807) is 12.1 Å². The zero-order valence-corrected chi connectivity index (χ0v) is 12.4. The first-order chi connectivity index (χ1) is 8.52. The molecule has 18 heavy (non-hydrogen) atoms. The lowest BCUT2D eigenvalue weighted by atomic mass is 10.1. The van der Waals surface area contributed by atoms with Crippen molar-refractivity contribution in [3.8, 4) is 0 Å². The molecule has 2 rings (SSSR count). The zero-order chi connectivity index (χ0) is 13.3. The normalized spacial score (nSPS) is 19.3. The fraction of sp³-hybridized carbons (Fsp3) is 0.364. The largest absolute Gasteiger partial charge is 0.306 e. The van der Waals surface area contributed by atoms with Gasteiger partial charge in [0.1, 0.15) is 5.69 Å². The summed E-state index contributed by atoms with van der Waals surface area (Å²) in [6.45, 7) is 0.504. The van der Waals surface area contributed by atoms with Crippen LogP contribution in [-0.4, -0.2) is 23.1 Å². The molecular weight excluding hydrogens is 367 g/mol. The van der Waals surface area contributed by atoms with E-state index in [-0.39, 0.29) is 17.5 Å². The molecule has 1 heterocycles. The molecule has 0 aromatic heterocycles. The maximum absolute atomic E-state index is 11.9. The lowest BCUT2D eigenvalue weighted by molar-refractivity contribution is -0.384. The minimum atomic E-state index is -0.446. The summed E-state index contributed by atoms with van der Waals surface area (Å²) in [5.74, 6) is 0.707. The van der Waals surface area contributed by atoms with Crippen molar-refractivity contribution in [2.75, 3.05) is 17.2 Å². The minimum Gasteiger partial charge on any atom is -0.306 e. The molecule has 0 radical (unpaired) electrons. The summed E-state index contributed by atoms with van der Waals surface area (Å²) in [6, 6.07) is 4.89. The summed E-state index contributed by atoms with van der Waals surface area (Å²) in [6.07, 6.45) is 0.409. The quantitative estimate of drug-likeness (QED) is 0.381. The first-order valence-electron chi connectivity index (χ1n) is 5.38. The molecule has 0 saturated carbocycles. The van der Waals surface area contributed by atoms with Crippen LogP contribution in [0.4, 0.5) is 11.4 Å². The predicted octanol–water partition coefficient (Wildman–Crippen LogP) is 2.48. The number of carbonyl (C=O) groups is 1. The van der Waals surface area contributed by atoms with Crippen molar-refractivity contribution in [3.05, 3.63) is 31.9 Å². The molecule has 1 fully saturated rings. The van der Waals surface area contributed by atoms with Crippen LogP contribution in [0.25, 0.3) is 0 Å². The van der Waals surface area contributed by atoms with E-state index >= 15 is 0 Å². The summed E-state index contributed by atoms with van der Waals surface area (Å²) in [5.41, 5.74) is 0.366. The Hall–Kier alpha value is -0.830. The Bertz CT molecular complexity index is 509. The van der Waals surface area contributed by atoms with Crippen molar-refractivity contribution in [2.45, 2.75) is 6.42 Å². The fourth-order valence-corrected chi connectivity index (χ4v) is 2.73. The van der Waals surface area contributed by atoms with E-state index in [0.717, 1.165) is 3.57 Å². The van der Waals surface area contributed by atoms with Gasteiger partial charge in [0, 0.05) is 22.6 Å². The Morgan fingerprint density at radius 1 is 1.56 bits per heavy atom. The lowest BCUT2D eigenvalue weighted by Gasteiger charge is -2.16. The van der Waals surface area contributed by atoms with Crippen LogP contribution in [-0.2, 0) is 4.79 Å². The number of halogens is 1. The maximum atomic E-state index is 11.9. The first kappa shape index (κ1) is 13.6. The van der Waals surface area contributed by atoms with Gasteiger partial charge in [0.2, 0.25) is 5.91 Å². The van der Waals surface area contributed by atoms with Crippen LogP contribution in [0.15, 0.2) is 18.2 Å². The van der Waals surface area contributed by atoms with Gasteiger partial charge in [-0.1, -0.05) is 0 Å². The van der Waals surface area contributed by atoms with E-state index in [0.29, 0.717) is 24.4 Å². The van der Waals surface area contributed by atoms with Gasteiger partial charge in [0.05, 0.1) is 4.92 Å². The number of nitro benzene ring substituents is 1. The standard InChI is InChI=1S/C11H11IN2O3S/c12-8-1-2-9(10(4-8)14(16)17)13-5-7(6-18)3-11(13)15/h1-2,4,7,18H,3,5-6H2. The zero-order valence-electron chi connectivity index (χ0n) is 9.38. The summed E-state index contributed by atoms with van der Waals surface area (Å²) in [5, 5.41) is 11.0. The van der Waals surface area contributed by atoms with Crippen molar-refractivity contribution in [1.29, 1.82) is 0 Å². The number of hydrogen-bond donors (Lipinski definition) is 1. The van der Waals surface area contributed by atoms with Crippen LogP contribution < -0.4 is 4.90 Å². The van der Waals surface area contributed by atoms with Gasteiger partial charge in [-0.25, -0.2) is 0 Å². The molecule has 5 nitrogen and oxygen atoms in total. The topological polar surface area (TPSA) is 63.5 Å². The third-order valence-corrected chi connectivity index (χ3v) is 4.08. The number of nitrogens with zero attached hydrogens (tertiary/aromatic N) is 2. The molecule has 1 aliphatic rings. The van der Waals surface area contributed by atoms with Gasteiger partial charge in [-0.3, -0.25) is 14.9 Å². The lowest BCUT2D eigenvalue weighted by Crippen LogP contribution is -2.25. The second kappa shape index (κ2) is 5.43. The summed E-state index contributed by atoms with van der Waals surface area (Å²) < 4.78 is 0.778. The van der Waals surface area contributed by atoms with Gasteiger partial charge in [-0.15, -0.1) is 0 Å². The molecule has 0 aliphatic carbocycles. The Morgan fingerprint density at radius 3 is 2.83 bits per heavy atom. The number of anilines is 1. The number of nitro groups is 1. The van der Waals surface area contributed by atoms with Crippen molar-refractivity contribution in [2.24, 2.45) is 5.92 Å². The van der Waals surface area contributed by atoms with Gasteiger partial charge in [-0.05, 0) is 46.4 Å². The van der Waals surface area contributed by atoms with Crippen LogP contribution in [0.5, 0.6) is 0 Å². The molecule has 1 unspecified atom stereocenters. The minimum absolute atomic E-state index is 0.0185. The van der Waals surface area contributed by atoms with Crippen LogP contribution >= 0.6 is 35.2 Å². The van der Waals surface area contributed by atoms with Gasteiger partial charge < -0.3 is 4.90 Å². The van der Waals surface area contributed by atoms with Crippen molar-refractivity contribution >= 4 is 52.5 Å². The SMILES string of the molecule is O=C1CC(CS)CN1c1ccc(I)cc1[N+](=O)[O-]. The van der Waals surface area contributed by atoms with Crippen LogP contribution in [0.3, 0.4) is 0 Å². The van der Waals surface area contributed by atoms with Crippen molar-refractivity contribution in [1.82, 2.24) is 0 Å². The fourth-order valence-electron chi connectivity index (χ4n) is 2.01. The van der Waals surface area contributed by atoms with E-state index < -0.39 is 4.92 Å². The van der Waals surface area contributed by atoms with E-state index in [4.69, 9.17) is 0 Å². The molecule has 0 spiro atoms. The monoisotopic (exact) mass is 378 g/mol. The van der Waals surface area contributed by atoms with E-state index in [2.05, 4.69) is 12.6 Å². The highest BCUT2D eigenvalue weighted by Gasteiger charge is 2.33. The summed E-state index contributed by atoms with van der Waals surface area (Å²) in [4.78, 5) is 24.0. The second-order valence-electron chi connectivity index (χ2n) is 4.15. The molecule has 1 aromatic rings. The molecule has 1 amide bonds. The molecule has 1 saturated heterocycles. The highest BCUT2D eigenvalue weighted by atomic mass is 127. The van der Waals surface area contributed by atoms with Crippen LogP contribution in [0.1, 0.15) is 6.42 Å². The van der Waals surface area contributed by atoms with Gasteiger partial charge >= 0.3 is 0 Å². The summed E-state index contributed by atoms with van der Waals surface area (Å²) in [7, 11) is 0. The molecule has 7 heteroatoms. The average Bonchev–Trinajstić information content (AvgIpc) is 2.70.